The molecule has 0 aliphatic rings. The zero-order valence-corrected chi connectivity index (χ0v) is 13.6. The number of hydrogen-bond donors (Lipinski definition) is 1. The first-order valence-corrected chi connectivity index (χ1v) is 7.41. The standard InChI is InChI=1S/C16H22N4O3/c1-16(23,13-7-5-4-6-8-13)11-18(2)14(21)9-10-20-15(22)19(3)12-17-20/h4-8,12,23H,9-11H2,1-3H3. The SMILES string of the molecule is CN(CC(C)(O)c1ccccc1)C(=O)CCn1ncn(C)c1=O. The van der Waals surface area contributed by atoms with Crippen molar-refractivity contribution in [1.29, 1.82) is 0 Å². The molecule has 1 heterocycles. The third-order valence-corrected chi connectivity index (χ3v) is 3.79. The van der Waals surface area contributed by atoms with Crippen LogP contribution in [0.3, 0.4) is 0 Å². The molecule has 0 saturated heterocycles. The number of carbonyl (C=O) groups is 1. The van der Waals surface area contributed by atoms with Crippen LogP contribution >= 0.6 is 0 Å². The topological polar surface area (TPSA) is 80.4 Å². The predicted molar refractivity (Wildman–Crippen MR) is 85.7 cm³/mol. The maximum atomic E-state index is 12.2. The van der Waals surface area contributed by atoms with Gasteiger partial charge < -0.3 is 10.0 Å². The molecule has 0 bridgehead atoms. The van der Waals surface area contributed by atoms with E-state index in [4.69, 9.17) is 0 Å². The van der Waals surface area contributed by atoms with Crippen molar-refractivity contribution in [3.8, 4) is 0 Å². The van der Waals surface area contributed by atoms with Gasteiger partial charge in [-0.15, -0.1) is 0 Å². The molecule has 0 aliphatic heterocycles. The molecule has 1 N–H and O–H groups in total. The van der Waals surface area contributed by atoms with Gasteiger partial charge in [0, 0.05) is 20.5 Å². The molecule has 0 aliphatic carbocycles. The van der Waals surface area contributed by atoms with Gasteiger partial charge in [-0.05, 0) is 12.5 Å². The summed E-state index contributed by atoms with van der Waals surface area (Å²) < 4.78 is 2.61. The second-order valence-electron chi connectivity index (χ2n) is 5.89. The van der Waals surface area contributed by atoms with Crippen molar-refractivity contribution in [3.05, 3.63) is 52.7 Å². The summed E-state index contributed by atoms with van der Waals surface area (Å²) in [6.45, 7) is 2.07. The Labute approximate surface area is 134 Å². The van der Waals surface area contributed by atoms with Crippen LogP contribution in [-0.2, 0) is 24.0 Å². The summed E-state index contributed by atoms with van der Waals surface area (Å²) in [5.74, 6) is -0.154. The molecule has 1 atom stereocenters. The first-order chi connectivity index (χ1) is 10.8. The highest BCUT2D eigenvalue weighted by atomic mass is 16.3. The third kappa shape index (κ3) is 4.07. The van der Waals surface area contributed by atoms with E-state index in [1.54, 1.807) is 21.0 Å². The van der Waals surface area contributed by atoms with Crippen LogP contribution in [0.4, 0.5) is 0 Å². The van der Waals surface area contributed by atoms with E-state index < -0.39 is 5.60 Å². The van der Waals surface area contributed by atoms with Crippen molar-refractivity contribution in [1.82, 2.24) is 19.2 Å². The molecule has 1 unspecified atom stereocenters. The molecular weight excluding hydrogens is 296 g/mol. The minimum Gasteiger partial charge on any atom is -0.384 e. The largest absolute Gasteiger partial charge is 0.384 e. The molecule has 7 heteroatoms. The summed E-state index contributed by atoms with van der Waals surface area (Å²) in [5, 5.41) is 14.5. The molecule has 0 radical (unpaired) electrons. The second-order valence-corrected chi connectivity index (χ2v) is 5.89. The van der Waals surface area contributed by atoms with Crippen molar-refractivity contribution in [2.45, 2.75) is 25.5 Å². The highest BCUT2D eigenvalue weighted by Crippen LogP contribution is 2.21. The Kier molecular flexibility index (Phi) is 5.00. The van der Waals surface area contributed by atoms with E-state index in [1.165, 1.54) is 20.5 Å². The molecule has 2 rings (SSSR count). The number of carbonyl (C=O) groups excluding carboxylic acids is 1. The van der Waals surface area contributed by atoms with E-state index in [0.717, 1.165) is 5.56 Å². The minimum absolute atomic E-state index is 0.151. The van der Waals surface area contributed by atoms with Gasteiger partial charge in [-0.1, -0.05) is 30.3 Å². The van der Waals surface area contributed by atoms with Crippen LogP contribution in [0.25, 0.3) is 0 Å². The molecule has 1 aromatic heterocycles. The van der Waals surface area contributed by atoms with E-state index in [2.05, 4.69) is 5.10 Å². The van der Waals surface area contributed by atoms with Crippen molar-refractivity contribution in [3.63, 3.8) is 0 Å². The summed E-state index contributed by atoms with van der Waals surface area (Å²) in [5.41, 5.74) is -0.634. The summed E-state index contributed by atoms with van der Waals surface area (Å²) in [4.78, 5) is 25.3. The molecule has 124 valence electrons. The van der Waals surface area contributed by atoms with Crippen molar-refractivity contribution >= 4 is 5.91 Å². The molecule has 7 nitrogen and oxygen atoms in total. The number of benzene rings is 1. The predicted octanol–water partition coefficient (Wildman–Crippen LogP) is 0.338. The van der Waals surface area contributed by atoms with Crippen LogP contribution < -0.4 is 5.69 Å². The molecule has 23 heavy (non-hydrogen) atoms. The van der Waals surface area contributed by atoms with E-state index >= 15 is 0 Å². The van der Waals surface area contributed by atoms with Crippen LogP contribution in [0.5, 0.6) is 0 Å². The van der Waals surface area contributed by atoms with Crippen molar-refractivity contribution in [2.24, 2.45) is 7.05 Å². The maximum absolute atomic E-state index is 12.2. The Balaban J connectivity index is 1.95. The molecule has 1 aromatic carbocycles. The van der Waals surface area contributed by atoms with E-state index in [0.29, 0.717) is 0 Å². The zero-order chi connectivity index (χ0) is 17.0. The first kappa shape index (κ1) is 17.0. The fourth-order valence-electron chi connectivity index (χ4n) is 2.40. The lowest BCUT2D eigenvalue weighted by molar-refractivity contribution is -0.133. The lowest BCUT2D eigenvalue weighted by Crippen LogP contribution is -2.40. The monoisotopic (exact) mass is 318 g/mol. The van der Waals surface area contributed by atoms with Crippen LogP contribution in [0, 0.1) is 0 Å². The summed E-state index contributed by atoms with van der Waals surface area (Å²) in [7, 11) is 3.25. The summed E-state index contributed by atoms with van der Waals surface area (Å²) in [6.07, 6.45) is 1.56. The number of aliphatic hydroxyl groups is 1. The van der Waals surface area contributed by atoms with E-state index in [1.807, 2.05) is 30.3 Å². The van der Waals surface area contributed by atoms with Gasteiger partial charge in [-0.2, -0.15) is 5.10 Å². The van der Waals surface area contributed by atoms with Gasteiger partial charge >= 0.3 is 5.69 Å². The van der Waals surface area contributed by atoms with Gasteiger partial charge in [0.2, 0.25) is 5.91 Å². The number of amides is 1. The van der Waals surface area contributed by atoms with Gasteiger partial charge in [-0.25, -0.2) is 9.48 Å². The van der Waals surface area contributed by atoms with Crippen LogP contribution in [0.2, 0.25) is 0 Å². The fourth-order valence-corrected chi connectivity index (χ4v) is 2.40. The number of likely N-dealkylation sites (N-methyl/N-ethyl adjacent to an activating group) is 1. The lowest BCUT2D eigenvalue weighted by atomic mass is 9.95. The minimum atomic E-state index is -1.13. The Morgan fingerprint density at radius 1 is 1.35 bits per heavy atom. The zero-order valence-electron chi connectivity index (χ0n) is 13.6. The molecule has 2 aromatic rings. The number of aryl methyl sites for hydroxylation is 2. The van der Waals surface area contributed by atoms with Crippen molar-refractivity contribution in [2.75, 3.05) is 13.6 Å². The first-order valence-electron chi connectivity index (χ1n) is 7.41. The Morgan fingerprint density at radius 2 is 2.00 bits per heavy atom. The molecule has 1 amide bonds. The molecule has 0 spiro atoms. The fraction of sp³-hybridized carbons (Fsp3) is 0.438. The Hall–Kier alpha value is -2.41. The number of hydrogen-bond acceptors (Lipinski definition) is 4. The van der Waals surface area contributed by atoms with E-state index in [9.17, 15) is 14.7 Å². The van der Waals surface area contributed by atoms with Gasteiger partial charge in [0.15, 0.2) is 0 Å². The van der Waals surface area contributed by atoms with Gasteiger partial charge in [0.1, 0.15) is 11.9 Å². The molecule has 0 fully saturated rings. The second kappa shape index (κ2) is 6.78. The van der Waals surface area contributed by atoms with Crippen LogP contribution in [0.1, 0.15) is 18.9 Å². The third-order valence-electron chi connectivity index (χ3n) is 3.79. The number of nitrogens with zero attached hydrogens (tertiary/aromatic N) is 4. The highest BCUT2D eigenvalue weighted by Gasteiger charge is 2.26. The Bertz CT molecular complexity index is 718. The average molecular weight is 318 g/mol. The normalized spacial score (nSPS) is 13.6. The smallest absolute Gasteiger partial charge is 0.345 e. The summed E-state index contributed by atoms with van der Waals surface area (Å²) >= 11 is 0. The quantitative estimate of drug-likeness (QED) is 0.833. The van der Waals surface area contributed by atoms with Crippen LogP contribution in [0.15, 0.2) is 41.5 Å². The van der Waals surface area contributed by atoms with Crippen molar-refractivity contribution < 1.29 is 9.90 Å². The lowest BCUT2D eigenvalue weighted by Gasteiger charge is -2.29. The van der Waals surface area contributed by atoms with E-state index in [-0.39, 0.29) is 31.1 Å². The highest BCUT2D eigenvalue weighted by molar-refractivity contribution is 5.75. The Morgan fingerprint density at radius 3 is 2.57 bits per heavy atom. The number of rotatable bonds is 6. The summed E-state index contributed by atoms with van der Waals surface area (Å²) in [6, 6.07) is 9.22. The molecular formula is C16H22N4O3. The van der Waals surface area contributed by atoms with Gasteiger partial charge in [0.25, 0.3) is 0 Å². The maximum Gasteiger partial charge on any atom is 0.345 e. The number of aromatic nitrogens is 3. The van der Waals surface area contributed by atoms with Gasteiger partial charge in [0.05, 0.1) is 13.1 Å². The van der Waals surface area contributed by atoms with Gasteiger partial charge in [-0.3, -0.25) is 9.36 Å². The molecule has 0 saturated carbocycles. The average Bonchev–Trinajstić information content (AvgIpc) is 2.84. The van der Waals surface area contributed by atoms with Crippen LogP contribution in [-0.4, -0.2) is 43.9 Å².